The molecule has 0 saturated carbocycles. The third kappa shape index (κ3) is 4.79. The van der Waals surface area contributed by atoms with Crippen molar-refractivity contribution in [1.82, 2.24) is 10.2 Å². The van der Waals surface area contributed by atoms with Gasteiger partial charge in [0.15, 0.2) is 5.82 Å². The fourth-order valence-corrected chi connectivity index (χ4v) is 2.69. The zero-order chi connectivity index (χ0) is 16.7. The Hall–Kier alpha value is -2.41. The van der Waals surface area contributed by atoms with E-state index < -0.39 is 0 Å². The van der Waals surface area contributed by atoms with Crippen LogP contribution >= 0.6 is 11.8 Å². The van der Waals surface area contributed by atoms with Crippen LogP contribution in [0.15, 0.2) is 47.5 Å². The second kappa shape index (κ2) is 8.28. The maximum atomic E-state index is 12.0. The van der Waals surface area contributed by atoms with E-state index in [9.17, 15) is 9.59 Å². The second-order valence-corrected chi connectivity index (χ2v) is 5.84. The van der Waals surface area contributed by atoms with E-state index in [4.69, 9.17) is 4.74 Å². The van der Waals surface area contributed by atoms with E-state index in [1.807, 2.05) is 13.0 Å². The summed E-state index contributed by atoms with van der Waals surface area (Å²) >= 11 is 1.28. The highest BCUT2D eigenvalue weighted by molar-refractivity contribution is 8.00. The number of rotatable bonds is 6. The molecule has 1 N–H and O–H groups in total. The Morgan fingerprint density at radius 2 is 1.91 bits per heavy atom. The van der Waals surface area contributed by atoms with Gasteiger partial charge in [-0.25, -0.2) is 0 Å². The standard InChI is InChI=1S/C16H17N3O3S/c1-3-12(16(21)22-2)23-14-10-9-13(18-19-14)17-15(20)11-7-5-4-6-8-11/h4-10,12H,3H2,1-2H3,(H,17,18,20). The van der Waals surface area contributed by atoms with E-state index in [0.29, 0.717) is 22.8 Å². The molecule has 1 aromatic carbocycles. The second-order valence-electron chi connectivity index (χ2n) is 4.61. The minimum Gasteiger partial charge on any atom is -0.468 e. The maximum Gasteiger partial charge on any atom is 0.319 e. The van der Waals surface area contributed by atoms with Gasteiger partial charge in [-0.05, 0) is 30.7 Å². The van der Waals surface area contributed by atoms with Crippen molar-refractivity contribution < 1.29 is 14.3 Å². The number of aromatic nitrogens is 2. The first kappa shape index (κ1) is 17.0. The Bertz CT molecular complexity index is 662. The van der Waals surface area contributed by atoms with E-state index in [1.54, 1.807) is 36.4 Å². The van der Waals surface area contributed by atoms with Crippen molar-refractivity contribution in [2.24, 2.45) is 0 Å². The average molecular weight is 331 g/mol. The molecule has 0 radical (unpaired) electrons. The molecule has 2 aromatic rings. The molecule has 7 heteroatoms. The SMILES string of the molecule is CCC(Sc1ccc(NC(=O)c2ccccc2)nn1)C(=O)OC. The van der Waals surface area contributed by atoms with Crippen molar-refractivity contribution in [2.75, 3.05) is 12.4 Å². The number of hydrogen-bond donors (Lipinski definition) is 1. The number of amides is 1. The summed E-state index contributed by atoms with van der Waals surface area (Å²) in [6.45, 7) is 1.90. The van der Waals surface area contributed by atoms with Crippen LogP contribution in [0.4, 0.5) is 5.82 Å². The fourth-order valence-electron chi connectivity index (χ4n) is 1.80. The molecule has 0 fully saturated rings. The van der Waals surface area contributed by atoms with Crippen LogP contribution in [0.1, 0.15) is 23.7 Å². The summed E-state index contributed by atoms with van der Waals surface area (Å²) in [6.07, 6.45) is 0.630. The molecule has 1 unspecified atom stereocenters. The highest BCUT2D eigenvalue weighted by atomic mass is 32.2. The number of benzene rings is 1. The van der Waals surface area contributed by atoms with Crippen LogP contribution in [0.2, 0.25) is 0 Å². The summed E-state index contributed by atoms with van der Waals surface area (Å²) in [4.78, 5) is 23.6. The lowest BCUT2D eigenvalue weighted by atomic mass is 10.2. The largest absolute Gasteiger partial charge is 0.468 e. The summed E-state index contributed by atoms with van der Waals surface area (Å²) in [5.74, 6) is -0.184. The molecular formula is C16H17N3O3S. The van der Waals surface area contributed by atoms with Gasteiger partial charge in [-0.3, -0.25) is 9.59 Å². The molecule has 23 heavy (non-hydrogen) atoms. The molecule has 1 heterocycles. The van der Waals surface area contributed by atoms with Gasteiger partial charge in [0.25, 0.3) is 5.91 Å². The smallest absolute Gasteiger partial charge is 0.319 e. The lowest BCUT2D eigenvalue weighted by Gasteiger charge is -2.11. The maximum absolute atomic E-state index is 12.0. The van der Waals surface area contributed by atoms with E-state index in [-0.39, 0.29) is 17.1 Å². The Balaban J connectivity index is 1.99. The first-order valence-corrected chi connectivity index (χ1v) is 7.96. The summed E-state index contributed by atoms with van der Waals surface area (Å²) in [7, 11) is 1.36. The van der Waals surface area contributed by atoms with Crippen molar-refractivity contribution in [2.45, 2.75) is 23.6 Å². The van der Waals surface area contributed by atoms with Crippen molar-refractivity contribution in [3.63, 3.8) is 0 Å². The summed E-state index contributed by atoms with van der Waals surface area (Å²) in [5, 5.41) is 10.9. The van der Waals surface area contributed by atoms with Crippen LogP contribution in [0, 0.1) is 0 Å². The molecule has 0 aliphatic heterocycles. The lowest BCUT2D eigenvalue weighted by Crippen LogP contribution is -2.18. The Morgan fingerprint density at radius 1 is 1.17 bits per heavy atom. The fraction of sp³-hybridized carbons (Fsp3) is 0.250. The number of hydrogen-bond acceptors (Lipinski definition) is 6. The number of nitrogens with one attached hydrogen (secondary N) is 1. The van der Waals surface area contributed by atoms with Gasteiger partial charge in [0, 0.05) is 5.56 Å². The van der Waals surface area contributed by atoms with Crippen LogP contribution in [-0.2, 0) is 9.53 Å². The molecule has 0 saturated heterocycles. The predicted molar refractivity (Wildman–Crippen MR) is 88.4 cm³/mol. The van der Waals surface area contributed by atoms with Gasteiger partial charge < -0.3 is 10.1 Å². The molecule has 1 amide bonds. The van der Waals surface area contributed by atoms with Crippen LogP contribution in [0.3, 0.4) is 0 Å². The highest BCUT2D eigenvalue weighted by Crippen LogP contribution is 2.24. The van der Waals surface area contributed by atoms with Crippen molar-refractivity contribution in [1.29, 1.82) is 0 Å². The average Bonchev–Trinajstić information content (AvgIpc) is 2.61. The van der Waals surface area contributed by atoms with E-state index in [1.165, 1.54) is 18.9 Å². The molecule has 0 spiro atoms. The van der Waals surface area contributed by atoms with Gasteiger partial charge in [-0.1, -0.05) is 36.9 Å². The van der Waals surface area contributed by atoms with Gasteiger partial charge in [0.2, 0.25) is 0 Å². The number of carbonyl (C=O) groups excluding carboxylic acids is 2. The molecule has 0 bridgehead atoms. The van der Waals surface area contributed by atoms with Gasteiger partial charge >= 0.3 is 5.97 Å². The van der Waals surface area contributed by atoms with Crippen molar-refractivity contribution in [3.8, 4) is 0 Å². The molecule has 1 aromatic heterocycles. The monoisotopic (exact) mass is 331 g/mol. The minimum absolute atomic E-state index is 0.249. The van der Waals surface area contributed by atoms with Gasteiger partial charge in [0.05, 0.1) is 7.11 Å². The number of thioether (sulfide) groups is 1. The summed E-state index contributed by atoms with van der Waals surface area (Å²) < 4.78 is 4.74. The first-order chi connectivity index (χ1) is 11.1. The highest BCUT2D eigenvalue weighted by Gasteiger charge is 2.19. The number of ether oxygens (including phenoxy) is 1. The zero-order valence-corrected chi connectivity index (χ0v) is 13.7. The summed E-state index contributed by atoms with van der Waals surface area (Å²) in [6, 6.07) is 12.2. The zero-order valence-electron chi connectivity index (χ0n) is 12.9. The molecule has 0 aliphatic carbocycles. The molecule has 1 atom stereocenters. The third-order valence-corrected chi connectivity index (χ3v) is 4.29. The van der Waals surface area contributed by atoms with Gasteiger partial charge in [0.1, 0.15) is 10.3 Å². The minimum atomic E-state index is -0.320. The van der Waals surface area contributed by atoms with Gasteiger partial charge in [-0.15, -0.1) is 10.2 Å². The van der Waals surface area contributed by atoms with Crippen LogP contribution < -0.4 is 5.32 Å². The van der Waals surface area contributed by atoms with E-state index >= 15 is 0 Å². The Kier molecular flexibility index (Phi) is 6.10. The van der Waals surface area contributed by atoms with Crippen molar-refractivity contribution in [3.05, 3.63) is 48.0 Å². The van der Waals surface area contributed by atoms with Crippen molar-refractivity contribution >= 4 is 29.5 Å². The predicted octanol–water partition coefficient (Wildman–Crippen LogP) is 2.77. The third-order valence-electron chi connectivity index (χ3n) is 3.02. The molecule has 6 nitrogen and oxygen atoms in total. The number of methoxy groups -OCH3 is 1. The number of esters is 1. The van der Waals surface area contributed by atoms with Crippen LogP contribution in [0.25, 0.3) is 0 Å². The molecule has 120 valence electrons. The molecule has 0 aliphatic rings. The Morgan fingerprint density at radius 3 is 2.48 bits per heavy atom. The molecule has 2 rings (SSSR count). The number of carbonyl (C=O) groups is 2. The number of nitrogens with zero attached hydrogens (tertiary/aromatic N) is 2. The first-order valence-electron chi connectivity index (χ1n) is 7.08. The van der Waals surface area contributed by atoms with Crippen LogP contribution in [-0.4, -0.2) is 34.4 Å². The summed E-state index contributed by atoms with van der Waals surface area (Å²) in [5.41, 5.74) is 0.546. The van der Waals surface area contributed by atoms with E-state index in [0.717, 1.165) is 0 Å². The Labute approximate surface area is 138 Å². The van der Waals surface area contributed by atoms with E-state index in [2.05, 4.69) is 15.5 Å². The normalized spacial score (nSPS) is 11.6. The van der Waals surface area contributed by atoms with Crippen LogP contribution in [0.5, 0.6) is 0 Å². The number of anilines is 1. The van der Waals surface area contributed by atoms with Gasteiger partial charge in [-0.2, -0.15) is 0 Å². The quantitative estimate of drug-likeness (QED) is 0.647. The lowest BCUT2D eigenvalue weighted by molar-refractivity contribution is -0.140. The molecular weight excluding hydrogens is 314 g/mol. The topological polar surface area (TPSA) is 81.2 Å².